The van der Waals surface area contributed by atoms with E-state index in [1.54, 1.807) is 63.4 Å². The van der Waals surface area contributed by atoms with Crippen LogP contribution in [0.4, 0.5) is 5.69 Å². The zero-order valence-corrected chi connectivity index (χ0v) is 26.0. The molecule has 0 radical (unpaired) electrons. The van der Waals surface area contributed by atoms with E-state index in [4.69, 9.17) is 25.2 Å². The molecule has 0 spiro atoms. The predicted octanol–water partition coefficient (Wildman–Crippen LogP) is 6.80. The highest BCUT2D eigenvalue weighted by molar-refractivity contribution is 7.92. The summed E-state index contributed by atoms with van der Waals surface area (Å²) in [6.45, 7) is 5.77. The first-order valence-electron chi connectivity index (χ1n) is 14.4. The van der Waals surface area contributed by atoms with Crippen molar-refractivity contribution in [2.75, 3.05) is 17.5 Å². The molecule has 2 aromatic carbocycles. The zero-order chi connectivity index (χ0) is 30.8. The number of aryl methyl sites for hydroxylation is 1. The Morgan fingerprint density at radius 2 is 1.86 bits per heavy atom. The molecule has 2 heterocycles. The maximum atomic E-state index is 14.2. The van der Waals surface area contributed by atoms with Crippen molar-refractivity contribution < 1.29 is 31.6 Å². The third-order valence-corrected chi connectivity index (χ3v) is 10.2. The number of hydrogen-bond donors (Lipinski definition) is 1. The number of anilines is 1. The van der Waals surface area contributed by atoms with E-state index in [0.717, 1.165) is 12.8 Å². The third-order valence-electron chi connectivity index (χ3n) is 8.13. The fourth-order valence-corrected chi connectivity index (χ4v) is 7.69. The summed E-state index contributed by atoms with van der Waals surface area (Å²) in [5, 5.41) is 3.99. The number of furan rings is 2. The molecular weight excluding hydrogens is 592 g/mol. The molecule has 1 aliphatic carbocycles. The molecule has 0 unspecified atom stereocenters. The van der Waals surface area contributed by atoms with Gasteiger partial charge in [-0.2, -0.15) is 0 Å². The number of fused-ring (bicyclic) bond motifs is 1. The van der Waals surface area contributed by atoms with Crippen LogP contribution in [0.15, 0.2) is 68.5 Å². The lowest BCUT2D eigenvalue weighted by Gasteiger charge is -2.31. The second-order valence-corrected chi connectivity index (χ2v) is 13.1. The van der Waals surface area contributed by atoms with Crippen LogP contribution < -0.4 is 9.62 Å². The van der Waals surface area contributed by atoms with Crippen molar-refractivity contribution in [2.24, 2.45) is 5.41 Å². The lowest BCUT2D eigenvalue weighted by Crippen LogP contribution is -2.41. The molecule has 0 atom stereocenters. The number of benzene rings is 2. The van der Waals surface area contributed by atoms with Gasteiger partial charge < -0.3 is 18.9 Å². The number of ether oxygens (including phenoxy) is 1. The fraction of sp³-hybridized carbons (Fsp3) is 0.375. The van der Waals surface area contributed by atoms with Gasteiger partial charge in [0.2, 0.25) is 11.7 Å². The van der Waals surface area contributed by atoms with Crippen LogP contribution in [-0.4, -0.2) is 33.4 Å². The van der Waals surface area contributed by atoms with Gasteiger partial charge in [0.05, 0.1) is 35.4 Å². The highest BCUT2D eigenvalue weighted by Crippen LogP contribution is 2.44. The van der Waals surface area contributed by atoms with Crippen LogP contribution in [0, 0.1) is 12.3 Å². The van der Waals surface area contributed by atoms with Gasteiger partial charge >= 0.3 is 5.97 Å². The molecule has 43 heavy (non-hydrogen) atoms. The normalized spacial score (nSPS) is 14.6. The molecule has 1 N–H and O–H groups in total. The monoisotopic (exact) mass is 626 g/mol. The summed E-state index contributed by atoms with van der Waals surface area (Å²) < 4.78 is 45.8. The number of amides is 1. The Morgan fingerprint density at radius 3 is 2.53 bits per heavy atom. The predicted molar refractivity (Wildman–Crippen MR) is 164 cm³/mol. The number of hydrogen-bond acceptors (Lipinski definition) is 7. The average Bonchev–Trinajstić information content (AvgIpc) is 3.75. The Kier molecular flexibility index (Phi) is 8.89. The number of carbonyl (C=O) groups is 2. The summed E-state index contributed by atoms with van der Waals surface area (Å²) >= 11 is 6.44. The number of carbonyl (C=O) groups excluding carboxylic acids is 2. The minimum absolute atomic E-state index is 0.0471. The van der Waals surface area contributed by atoms with Crippen LogP contribution in [0.1, 0.15) is 67.0 Å². The standard InChI is InChI=1S/C32H35ClN2O7S/c1-4-35(43(38,39)25-11-13-28-26(18-25)21(3)29(42-28)30(36)40-5-2)27-12-10-23(33)17-22(27)19-32(14-6-7-15-32)31(37)34-20-24-9-8-16-41-24/h8-13,16-18H,4-7,14-15,19-20H2,1-3H3,(H,34,37). The van der Waals surface area contributed by atoms with Crippen LogP contribution in [0.3, 0.4) is 0 Å². The summed E-state index contributed by atoms with van der Waals surface area (Å²) in [5.41, 5.74) is 1.33. The average molecular weight is 627 g/mol. The fourth-order valence-electron chi connectivity index (χ4n) is 5.96. The first kappa shape index (κ1) is 30.7. The van der Waals surface area contributed by atoms with Crippen molar-refractivity contribution in [3.8, 4) is 0 Å². The summed E-state index contributed by atoms with van der Waals surface area (Å²) in [5.74, 6) is 0.0190. The van der Waals surface area contributed by atoms with Gasteiger partial charge in [0.15, 0.2) is 0 Å². The summed E-state index contributed by atoms with van der Waals surface area (Å²) in [4.78, 5) is 26.0. The molecule has 0 bridgehead atoms. The number of esters is 1. The van der Waals surface area contributed by atoms with Crippen molar-refractivity contribution in [3.05, 3.63) is 82.5 Å². The number of nitrogens with one attached hydrogen (secondary N) is 1. The highest BCUT2D eigenvalue weighted by atomic mass is 35.5. The molecule has 1 saturated carbocycles. The quantitative estimate of drug-likeness (QED) is 0.182. The van der Waals surface area contributed by atoms with E-state index >= 15 is 0 Å². The molecule has 1 aliphatic rings. The van der Waals surface area contributed by atoms with Crippen LogP contribution in [-0.2, 0) is 32.5 Å². The molecule has 9 nitrogen and oxygen atoms in total. The lowest BCUT2D eigenvalue weighted by molar-refractivity contribution is -0.131. The first-order valence-corrected chi connectivity index (χ1v) is 16.2. The Morgan fingerprint density at radius 1 is 1.09 bits per heavy atom. The van der Waals surface area contributed by atoms with E-state index in [2.05, 4.69) is 5.32 Å². The number of halogens is 1. The van der Waals surface area contributed by atoms with Gasteiger partial charge in [0, 0.05) is 22.5 Å². The maximum Gasteiger partial charge on any atom is 0.374 e. The minimum atomic E-state index is -4.06. The molecule has 1 amide bonds. The highest BCUT2D eigenvalue weighted by Gasteiger charge is 2.42. The molecule has 2 aromatic heterocycles. The molecule has 228 valence electrons. The van der Waals surface area contributed by atoms with E-state index < -0.39 is 21.4 Å². The van der Waals surface area contributed by atoms with Gasteiger partial charge in [0.1, 0.15) is 11.3 Å². The van der Waals surface area contributed by atoms with E-state index in [1.165, 1.54) is 16.4 Å². The topological polar surface area (TPSA) is 119 Å². The van der Waals surface area contributed by atoms with Gasteiger partial charge in [-0.05, 0) is 94.1 Å². The molecule has 1 fully saturated rings. The SMILES string of the molecule is CCOC(=O)c1oc2ccc(S(=O)(=O)N(CC)c3ccc(Cl)cc3CC3(C(=O)NCc4ccco4)CCCC3)cc2c1C. The Hall–Kier alpha value is -3.76. The second kappa shape index (κ2) is 12.5. The Labute approximate surface area is 256 Å². The minimum Gasteiger partial charge on any atom is -0.467 e. The van der Waals surface area contributed by atoms with Gasteiger partial charge in [-0.15, -0.1) is 0 Å². The summed E-state index contributed by atoms with van der Waals surface area (Å²) in [7, 11) is -4.06. The van der Waals surface area contributed by atoms with Gasteiger partial charge in [0.25, 0.3) is 10.0 Å². The van der Waals surface area contributed by atoms with Crippen molar-refractivity contribution in [2.45, 2.75) is 64.3 Å². The van der Waals surface area contributed by atoms with Gasteiger partial charge in [-0.25, -0.2) is 13.2 Å². The van der Waals surface area contributed by atoms with E-state index in [9.17, 15) is 18.0 Å². The molecule has 0 aliphatic heterocycles. The van der Waals surface area contributed by atoms with Crippen molar-refractivity contribution in [1.82, 2.24) is 5.32 Å². The van der Waals surface area contributed by atoms with Crippen LogP contribution in [0.25, 0.3) is 11.0 Å². The van der Waals surface area contributed by atoms with Crippen molar-refractivity contribution in [3.63, 3.8) is 0 Å². The Balaban J connectivity index is 1.49. The van der Waals surface area contributed by atoms with E-state index in [1.807, 2.05) is 0 Å². The van der Waals surface area contributed by atoms with E-state index in [-0.39, 0.29) is 36.3 Å². The summed E-state index contributed by atoms with van der Waals surface area (Å²) in [6, 6.07) is 13.2. The molecule has 5 rings (SSSR count). The van der Waals surface area contributed by atoms with Gasteiger partial charge in [-0.1, -0.05) is 24.4 Å². The van der Waals surface area contributed by atoms with Crippen LogP contribution in [0.2, 0.25) is 5.02 Å². The maximum absolute atomic E-state index is 14.2. The third kappa shape index (κ3) is 6.03. The lowest BCUT2D eigenvalue weighted by atomic mass is 9.78. The molecule has 4 aromatic rings. The van der Waals surface area contributed by atoms with Crippen molar-refractivity contribution in [1.29, 1.82) is 0 Å². The number of rotatable bonds is 11. The van der Waals surface area contributed by atoms with Gasteiger partial charge in [-0.3, -0.25) is 9.10 Å². The van der Waals surface area contributed by atoms with Crippen LogP contribution in [0.5, 0.6) is 0 Å². The Bertz CT molecular complexity index is 1740. The zero-order valence-electron chi connectivity index (χ0n) is 24.4. The number of sulfonamides is 1. The molecule has 11 heteroatoms. The van der Waals surface area contributed by atoms with E-state index in [0.29, 0.717) is 57.8 Å². The largest absolute Gasteiger partial charge is 0.467 e. The van der Waals surface area contributed by atoms with Crippen molar-refractivity contribution >= 4 is 50.2 Å². The molecule has 0 saturated heterocycles. The smallest absolute Gasteiger partial charge is 0.374 e. The van der Waals surface area contributed by atoms with Crippen LogP contribution >= 0.6 is 11.6 Å². The second-order valence-electron chi connectivity index (χ2n) is 10.8. The first-order chi connectivity index (χ1) is 20.6. The molecular formula is C32H35ClN2O7S. The number of nitrogens with zero attached hydrogens (tertiary/aromatic N) is 1. The summed E-state index contributed by atoms with van der Waals surface area (Å²) in [6.07, 6.45) is 5.06.